The second-order valence-electron chi connectivity index (χ2n) is 8.54. The molecule has 168 valence electrons. The van der Waals surface area contributed by atoms with E-state index < -0.39 is 0 Å². The summed E-state index contributed by atoms with van der Waals surface area (Å²) < 4.78 is 11.8. The fraction of sp³-hybridized carbons (Fsp3) is 0.536. The largest absolute Gasteiger partial charge is 0.494 e. The maximum Gasteiger partial charge on any atom is 0.213 e. The van der Waals surface area contributed by atoms with Crippen LogP contribution >= 0.6 is 0 Å². The standard InChI is InChI=1S/C28H39NO2/c1-3-5-7-8-9-10-11-13-20-30-24-15-16-25-23(22-24)14-18-27-26(25)17-19-28(29-27)31-21-12-6-4-2/h14-19,22H,3-13,20-21H2,1-2H3. The van der Waals surface area contributed by atoms with Crippen LogP contribution in [0.15, 0.2) is 42.5 Å². The van der Waals surface area contributed by atoms with Crippen molar-refractivity contribution >= 4 is 21.7 Å². The molecule has 0 N–H and O–H groups in total. The van der Waals surface area contributed by atoms with Gasteiger partial charge in [0.1, 0.15) is 5.75 Å². The van der Waals surface area contributed by atoms with E-state index in [1.807, 2.05) is 6.07 Å². The molecule has 0 spiro atoms. The van der Waals surface area contributed by atoms with Gasteiger partial charge in [-0.2, -0.15) is 0 Å². The molecule has 0 atom stereocenters. The lowest BCUT2D eigenvalue weighted by atomic mass is 10.0. The zero-order valence-electron chi connectivity index (χ0n) is 19.5. The molecule has 0 saturated heterocycles. The molecule has 0 saturated carbocycles. The van der Waals surface area contributed by atoms with Crippen molar-refractivity contribution in [2.24, 2.45) is 0 Å². The van der Waals surface area contributed by atoms with E-state index in [1.165, 1.54) is 68.6 Å². The molecule has 3 aromatic rings. The van der Waals surface area contributed by atoms with Gasteiger partial charge in [0.05, 0.1) is 18.7 Å². The van der Waals surface area contributed by atoms with Crippen LogP contribution in [0.3, 0.4) is 0 Å². The van der Waals surface area contributed by atoms with Gasteiger partial charge in [-0.15, -0.1) is 0 Å². The first-order valence-electron chi connectivity index (χ1n) is 12.4. The number of hydrogen-bond donors (Lipinski definition) is 0. The van der Waals surface area contributed by atoms with Crippen molar-refractivity contribution in [2.75, 3.05) is 13.2 Å². The number of benzene rings is 2. The summed E-state index contributed by atoms with van der Waals surface area (Å²) in [6.45, 7) is 6.00. The molecule has 3 nitrogen and oxygen atoms in total. The van der Waals surface area contributed by atoms with Crippen molar-refractivity contribution in [3.8, 4) is 11.6 Å². The lowest BCUT2D eigenvalue weighted by Crippen LogP contribution is -1.99. The van der Waals surface area contributed by atoms with Crippen LogP contribution < -0.4 is 9.47 Å². The normalized spacial score (nSPS) is 11.3. The van der Waals surface area contributed by atoms with Crippen LogP contribution in [0.1, 0.15) is 84.5 Å². The van der Waals surface area contributed by atoms with Gasteiger partial charge < -0.3 is 9.47 Å². The summed E-state index contributed by atoms with van der Waals surface area (Å²) in [5.41, 5.74) is 0.980. The summed E-state index contributed by atoms with van der Waals surface area (Å²) in [5, 5.41) is 3.56. The minimum atomic E-state index is 0.716. The Bertz CT molecular complexity index is 921. The fourth-order valence-electron chi connectivity index (χ4n) is 4.03. The van der Waals surface area contributed by atoms with Crippen molar-refractivity contribution < 1.29 is 9.47 Å². The maximum atomic E-state index is 6.02. The van der Waals surface area contributed by atoms with Crippen LogP contribution in [-0.4, -0.2) is 18.2 Å². The summed E-state index contributed by atoms with van der Waals surface area (Å²) in [7, 11) is 0. The highest BCUT2D eigenvalue weighted by Crippen LogP contribution is 2.29. The van der Waals surface area contributed by atoms with Crippen LogP contribution in [0.5, 0.6) is 11.6 Å². The molecule has 2 aromatic carbocycles. The molecule has 0 amide bonds. The first-order chi connectivity index (χ1) is 15.3. The number of rotatable bonds is 15. The molecule has 0 aliphatic heterocycles. The number of hydrogen-bond acceptors (Lipinski definition) is 3. The van der Waals surface area contributed by atoms with Gasteiger partial charge in [0.2, 0.25) is 5.88 Å². The van der Waals surface area contributed by atoms with Gasteiger partial charge in [0.25, 0.3) is 0 Å². The molecular formula is C28H39NO2. The lowest BCUT2D eigenvalue weighted by molar-refractivity contribution is 0.296. The Balaban J connectivity index is 1.51. The number of unbranched alkanes of at least 4 members (excludes halogenated alkanes) is 9. The van der Waals surface area contributed by atoms with E-state index in [0.29, 0.717) is 5.88 Å². The number of aromatic nitrogens is 1. The first kappa shape index (κ1) is 23.4. The van der Waals surface area contributed by atoms with Crippen LogP contribution in [0.25, 0.3) is 21.7 Å². The molecule has 1 aromatic heterocycles. The molecule has 3 rings (SSSR count). The Hall–Kier alpha value is -2.29. The van der Waals surface area contributed by atoms with Gasteiger partial charge in [0.15, 0.2) is 0 Å². The van der Waals surface area contributed by atoms with E-state index in [4.69, 9.17) is 14.5 Å². The Labute approximate surface area is 188 Å². The smallest absolute Gasteiger partial charge is 0.213 e. The van der Waals surface area contributed by atoms with Gasteiger partial charge in [0, 0.05) is 11.5 Å². The highest BCUT2D eigenvalue weighted by Gasteiger charge is 2.06. The van der Waals surface area contributed by atoms with Crippen LogP contribution in [0.4, 0.5) is 0 Å². The van der Waals surface area contributed by atoms with Crippen molar-refractivity contribution in [3.63, 3.8) is 0 Å². The zero-order valence-corrected chi connectivity index (χ0v) is 19.5. The predicted octanol–water partition coefficient (Wildman–Crippen LogP) is 8.48. The molecule has 0 radical (unpaired) electrons. The molecule has 1 heterocycles. The van der Waals surface area contributed by atoms with Gasteiger partial charge in [-0.25, -0.2) is 4.98 Å². The summed E-state index contributed by atoms with van der Waals surface area (Å²) >= 11 is 0. The summed E-state index contributed by atoms with van der Waals surface area (Å²) in [6.07, 6.45) is 14.0. The third-order valence-electron chi connectivity index (χ3n) is 5.90. The van der Waals surface area contributed by atoms with Gasteiger partial charge in [-0.1, -0.05) is 83.8 Å². The van der Waals surface area contributed by atoms with Crippen molar-refractivity contribution in [1.29, 1.82) is 0 Å². The topological polar surface area (TPSA) is 31.4 Å². The second kappa shape index (κ2) is 13.2. The third kappa shape index (κ3) is 7.41. The molecule has 0 aliphatic rings. The molecule has 0 aliphatic carbocycles. The average molecular weight is 422 g/mol. The number of pyridine rings is 1. The van der Waals surface area contributed by atoms with E-state index >= 15 is 0 Å². The molecule has 3 heteroatoms. The zero-order chi connectivity index (χ0) is 21.7. The third-order valence-corrected chi connectivity index (χ3v) is 5.90. The molecule has 31 heavy (non-hydrogen) atoms. The van der Waals surface area contributed by atoms with Gasteiger partial charge in [-0.3, -0.25) is 0 Å². The van der Waals surface area contributed by atoms with E-state index in [9.17, 15) is 0 Å². The van der Waals surface area contributed by atoms with Crippen LogP contribution in [-0.2, 0) is 0 Å². The average Bonchev–Trinajstić information content (AvgIpc) is 2.80. The fourth-order valence-corrected chi connectivity index (χ4v) is 4.03. The highest BCUT2D eigenvalue weighted by molar-refractivity contribution is 6.06. The van der Waals surface area contributed by atoms with E-state index in [2.05, 4.69) is 50.2 Å². The molecular weight excluding hydrogens is 382 g/mol. The SMILES string of the molecule is CCCCCCCCCCOc1ccc2c(ccc3nc(OCCCCC)ccc32)c1. The quantitative estimate of drug-likeness (QED) is 0.182. The monoisotopic (exact) mass is 421 g/mol. The van der Waals surface area contributed by atoms with Crippen molar-refractivity contribution in [1.82, 2.24) is 4.98 Å². The second-order valence-corrected chi connectivity index (χ2v) is 8.54. The van der Waals surface area contributed by atoms with E-state index in [0.717, 1.165) is 42.7 Å². The highest BCUT2D eigenvalue weighted by atomic mass is 16.5. The number of nitrogens with zero attached hydrogens (tertiary/aromatic N) is 1. The summed E-state index contributed by atoms with van der Waals surface area (Å²) in [6, 6.07) is 14.7. The molecule has 0 bridgehead atoms. The Morgan fingerprint density at radius 3 is 2.06 bits per heavy atom. The first-order valence-corrected chi connectivity index (χ1v) is 12.4. The summed E-state index contributed by atoms with van der Waals surface area (Å²) in [5.74, 6) is 1.67. The summed E-state index contributed by atoms with van der Waals surface area (Å²) in [4.78, 5) is 4.69. The predicted molar refractivity (Wildman–Crippen MR) is 132 cm³/mol. The minimum absolute atomic E-state index is 0.716. The Morgan fingerprint density at radius 1 is 0.613 bits per heavy atom. The van der Waals surface area contributed by atoms with Crippen LogP contribution in [0.2, 0.25) is 0 Å². The number of ether oxygens (including phenoxy) is 2. The Morgan fingerprint density at radius 2 is 1.26 bits per heavy atom. The van der Waals surface area contributed by atoms with Gasteiger partial charge in [-0.05, 0) is 47.9 Å². The minimum Gasteiger partial charge on any atom is -0.494 e. The van der Waals surface area contributed by atoms with Gasteiger partial charge >= 0.3 is 0 Å². The van der Waals surface area contributed by atoms with E-state index in [-0.39, 0.29) is 0 Å². The van der Waals surface area contributed by atoms with Crippen molar-refractivity contribution in [3.05, 3.63) is 42.5 Å². The van der Waals surface area contributed by atoms with Crippen LogP contribution in [0, 0.1) is 0 Å². The molecule has 0 unspecified atom stereocenters. The van der Waals surface area contributed by atoms with E-state index in [1.54, 1.807) is 0 Å². The maximum absolute atomic E-state index is 6.02. The lowest BCUT2D eigenvalue weighted by Gasteiger charge is -2.10. The number of fused-ring (bicyclic) bond motifs is 3. The molecule has 0 fully saturated rings. The Kier molecular flexibility index (Phi) is 9.95. The van der Waals surface area contributed by atoms with Crippen molar-refractivity contribution in [2.45, 2.75) is 84.5 Å².